The van der Waals surface area contributed by atoms with Crippen molar-refractivity contribution < 1.29 is 9.53 Å². The first kappa shape index (κ1) is 12.9. The average Bonchev–Trinajstić information content (AvgIpc) is 2.41. The predicted molar refractivity (Wildman–Crippen MR) is 70.7 cm³/mol. The van der Waals surface area contributed by atoms with Gasteiger partial charge >= 0.3 is 6.09 Å². The van der Waals surface area contributed by atoms with Crippen LogP contribution >= 0.6 is 0 Å². The van der Waals surface area contributed by atoms with E-state index in [0.717, 1.165) is 13.0 Å². The Labute approximate surface area is 108 Å². The zero-order chi connectivity index (χ0) is 12.6. The Morgan fingerprint density at radius 3 is 2.89 bits per heavy atom. The molecule has 1 aromatic rings. The van der Waals surface area contributed by atoms with Crippen LogP contribution in [0.4, 0.5) is 4.79 Å². The van der Waals surface area contributed by atoms with E-state index in [1.165, 1.54) is 19.3 Å². The highest BCUT2D eigenvalue weighted by atomic mass is 16.5. The molecule has 4 heteroatoms. The van der Waals surface area contributed by atoms with Gasteiger partial charge in [-0.3, -0.25) is 0 Å². The van der Waals surface area contributed by atoms with E-state index in [0.29, 0.717) is 18.3 Å². The Morgan fingerprint density at radius 2 is 2.17 bits per heavy atom. The highest BCUT2D eigenvalue weighted by molar-refractivity contribution is 5.70. The minimum absolute atomic E-state index is 0.378. The van der Waals surface area contributed by atoms with Crippen LogP contribution in [0.1, 0.15) is 25.7 Å². The summed E-state index contributed by atoms with van der Waals surface area (Å²) in [5.74, 6) is 0.575. The van der Waals surface area contributed by atoms with Gasteiger partial charge in [0.25, 0.3) is 0 Å². The fourth-order valence-corrected chi connectivity index (χ4v) is 2.15. The van der Waals surface area contributed by atoms with Crippen LogP contribution in [-0.4, -0.2) is 25.2 Å². The van der Waals surface area contributed by atoms with E-state index in [-0.39, 0.29) is 6.09 Å². The minimum Gasteiger partial charge on any atom is -0.410 e. The number of amides is 1. The summed E-state index contributed by atoms with van der Waals surface area (Å²) in [6.07, 6.45) is 4.34. The first-order chi connectivity index (χ1) is 8.84. The summed E-state index contributed by atoms with van der Waals surface area (Å²) in [6, 6.07) is 9.64. The molecule has 1 atom stereocenters. The fourth-order valence-electron chi connectivity index (χ4n) is 2.15. The first-order valence-electron chi connectivity index (χ1n) is 6.59. The third kappa shape index (κ3) is 4.37. The van der Waals surface area contributed by atoms with Crippen LogP contribution in [0.2, 0.25) is 0 Å². The number of hydrogen-bond acceptors (Lipinski definition) is 3. The number of rotatable bonds is 4. The average molecular weight is 248 g/mol. The number of benzene rings is 1. The maximum Gasteiger partial charge on any atom is 0.412 e. The number of carbonyl (C=O) groups excluding carboxylic acids is 1. The molecule has 4 nitrogen and oxygen atoms in total. The molecule has 1 aliphatic heterocycles. The standard InChI is InChI=1S/C14H20N2O2/c17-14(18-13-7-2-1-3-8-13)16-11-9-12-6-4-5-10-15-12/h1-3,7-8,12,15H,4-6,9-11H2,(H,16,17). The second kappa shape index (κ2) is 7.01. The van der Waals surface area contributed by atoms with Crippen LogP contribution < -0.4 is 15.4 Å². The van der Waals surface area contributed by atoms with Crippen LogP contribution in [0, 0.1) is 0 Å². The largest absolute Gasteiger partial charge is 0.412 e. The molecular weight excluding hydrogens is 228 g/mol. The number of piperidine rings is 1. The number of hydrogen-bond donors (Lipinski definition) is 2. The normalized spacial score (nSPS) is 19.2. The van der Waals surface area contributed by atoms with E-state index in [1.807, 2.05) is 18.2 Å². The molecule has 0 aromatic heterocycles. The van der Waals surface area contributed by atoms with Crippen molar-refractivity contribution >= 4 is 6.09 Å². The highest BCUT2D eigenvalue weighted by Gasteiger charge is 2.12. The molecule has 1 heterocycles. The van der Waals surface area contributed by atoms with Crippen LogP contribution in [-0.2, 0) is 0 Å². The van der Waals surface area contributed by atoms with Crippen LogP contribution in [0.15, 0.2) is 30.3 Å². The van der Waals surface area contributed by atoms with Crippen LogP contribution in [0.3, 0.4) is 0 Å². The summed E-state index contributed by atoms with van der Waals surface area (Å²) < 4.78 is 5.13. The molecule has 2 rings (SSSR count). The maximum absolute atomic E-state index is 11.5. The second-order valence-electron chi connectivity index (χ2n) is 4.56. The molecule has 98 valence electrons. The van der Waals surface area contributed by atoms with Crippen molar-refractivity contribution in [2.45, 2.75) is 31.7 Å². The van der Waals surface area contributed by atoms with E-state index < -0.39 is 0 Å². The molecule has 0 bridgehead atoms. The lowest BCUT2D eigenvalue weighted by molar-refractivity contribution is 0.199. The third-order valence-corrected chi connectivity index (χ3v) is 3.13. The molecular formula is C14H20N2O2. The van der Waals surface area contributed by atoms with Crippen molar-refractivity contribution in [3.05, 3.63) is 30.3 Å². The summed E-state index contributed by atoms with van der Waals surface area (Å²) >= 11 is 0. The molecule has 0 spiro atoms. The SMILES string of the molecule is O=C(NCCC1CCCCN1)Oc1ccccc1. The number of nitrogens with one attached hydrogen (secondary N) is 2. The van der Waals surface area contributed by atoms with Gasteiger partial charge in [0.1, 0.15) is 5.75 Å². The van der Waals surface area contributed by atoms with E-state index in [4.69, 9.17) is 4.74 Å². The lowest BCUT2D eigenvalue weighted by Gasteiger charge is -2.23. The summed E-state index contributed by atoms with van der Waals surface area (Å²) in [5, 5.41) is 6.23. The fraction of sp³-hybridized carbons (Fsp3) is 0.500. The molecule has 1 fully saturated rings. The molecule has 1 aromatic carbocycles. The molecule has 0 aliphatic carbocycles. The summed E-state index contributed by atoms with van der Waals surface area (Å²) in [4.78, 5) is 11.5. The van der Waals surface area contributed by atoms with E-state index in [2.05, 4.69) is 10.6 Å². The van der Waals surface area contributed by atoms with Gasteiger partial charge in [-0.05, 0) is 37.9 Å². The Kier molecular flexibility index (Phi) is 5.02. The Bertz CT molecular complexity index is 361. The van der Waals surface area contributed by atoms with Gasteiger partial charge in [-0.15, -0.1) is 0 Å². The van der Waals surface area contributed by atoms with Gasteiger partial charge in [-0.1, -0.05) is 24.6 Å². The van der Waals surface area contributed by atoms with Gasteiger partial charge in [-0.2, -0.15) is 0 Å². The zero-order valence-electron chi connectivity index (χ0n) is 10.5. The molecule has 1 amide bonds. The van der Waals surface area contributed by atoms with Crippen LogP contribution in [0.5, 0.6) is 5.75 Å². The van der Waals surface area contributed by atoms with Crippen molar-refractivity contribution in [1.82, 2.24) is 10.6 Å². The lowest BCUT2D eigenvalue weighted by atomic mass is 10.0. The van der Waals surface area contributed by atoms with Crippen molar-refractivity contribution in [3.8, 4) is 5.75 Å². The van der Waals surface area contributed by atoms with E-state index >= 15 is 0 Å². The monoisotopic (exact) mass is 248 g/mol. The van der Waals surface area contributed by atoms with Gasteiger partial charge in [0, 0.05) is 12.6 Å². The Hall–Kier alpha value is -1.55. The molecule has 1 unspecified atom stereocenters. The number of ether oxygens (including phenoxy) is 1. The Balaban J connectivity index is 1.62. The van der Waals surface area contributed by atoms with Crippen molar-refractivity contribution in [3.63, 3.8) is 0 Å². The quantitative estimate of drug-likeness (QED) is 0.859. The van der Waals surface area contributed by atoms with Crippen molar-refractivity contribution in [2.75, 3.05) is 13.1 Å². The number of para-hydroxylation sites is 1. The van der Waals surface area contributed by atoms with Gasteiger partial charge in [0.2, 0.25) is 0 Å². The van der Waals surface area contributed by atoms with Gasteiger partial charge in [0.15, 0.2) is 0 Å². The van der Waals surface area contributed by atoms with E-state index in [1.54, 1.807) is 12.1 Å². The van der Waals surface area contributed by atoms with Gasteiger partial charge < -0.3 is 15.4 Å². The molecule has 1 saturated heterocycles. The predicted octanol–water partition coefficient (Wildman–Crippen LogP) is 2.31. The summed E-state index contributed by atoms with van der Waals surface area (Å²) in [7, 11) is 0. The first-order valence-corrected chi connectivity index (χ1v) is 6.59. The molecule has 0 saturated carbocycles. The highest BCUT2D eigenvalue weighted by Crippen LogP contribution is 2.10. The van der Waals surface area contributed by atoms with Crippen LogP contribution in [0.25, 0.3) is 0 Å². The van der Waals surface area contributed by atoms with E-state index in [9.17, 15) is 4.79 Å². The topological polar surface area (TPSA) is 50.4 Å². The molecule has 0 radical (unpaired) electrons. The molecule has 2 N–H and O–H groups in total. The lowest BCUT2D eigenvalue weighted by Crippen LogP contribution is -2.38. The Morgan fingerprint density at radius 1 is 1.33 bits per heavy atom. The van der Waals surface area contributed by atoms with Gasteiger partial charge in [0.05, 0.1) is 0 Å². The second-order valence-corrected chi connectivity index (χ2v) is 4.56. The molecule has 1 aliphatic rings. The summed E-state index contributed by atoms with van der Waals surface area (Å²) in [5.41, 5.74) is 0. The smallest absolute Gasteiger partial charge is 0.410 e. The number of carbonyl (C=O) groups is 1. The zero-order valence-corrected chi connectivity index (χ0v) is 10.5. The van der Waals surface area contributed by atoms with Gasteiger partial charge in [-0.25, -0.2) is 4.79 Å². The minimum atomic E-state index is -0.378. The van der Waals surface area contributed by atoms with Crippen molar-refractivity contribution in [1.29, 1.82) is 0 Å². The summed E-state index contributed by atoms with van der Waals surface area (Å²) in [6.45, 7) is 1.75. The van der Waals surface area contributed by atoms with Crippen molar-refractivity contribution in [2.24, 2.45) is 0 Å². The maximum atomic E-state index is 11.5. The third-order valence-electron chi connectivity index (χ3n) is 3.13. The molecule has 18 heavy (non-hydrogen) atoms.